The zero-order chi connectivity index (χ0) is 22.3. The Balaban J connectivity index is 1.30. The fourth-order valence-electron chi connectivity index (χ4n) is 3.47. The van der Waals surface area contributed by atoms with Gasteiger partial charge in [-0.3, -0.25) is 14.4 Å². The predicted molar refractivity (Wildman–Crippen MR) is 120 cm³/mol. The minimum absolute atomic E-state index is 0.0338. The minimum atomic E-state index is -0.562. The van der Waals surface area contributed by atoms with Crippen LogP contribution in [0.4, 0.5) is 11.4 Å². The highest BCUT2D eigenvalue weighted by atomic mass is 16.5. The lowest BCUT2D eigenvalue weighted by Gasteiger charge is -2.28. The van der Waals surface area contributed by atoms with Crippen molar-refractivity contribution in [3.8, 4) is 16.9 Å². The maximum Gasteiger partial charge on any atom is 0.308 e. The van der Waals surface area contributed by atoms with Crippen LogP contribution in [0.1, 0.15) is 6.42 Å². The van der Waals surface area contributed by atoms with E-state index in [1.165, 1.54) is 4.90 Å². The summed E-state index contributed by atoms with van der Waals surface area (Å²) in [6.07, 6.45) is -0.0338. The van der Waals surface area contributed by atoms with Crippen LogP contribution < -0.4 is 15.0 Å². The van der Waals surface area contributed by atoms with E-state index in [2.05, 4.69) is 5.32 Å². The molecule has 2 amide bonds. The van der Waals surface area contributed by atoms with Gasteiger partial charge in [0.15, 0.2) is 13.2 Å². The summed E-state index contributed by atoms with van der Waals surface area (Å²) in [5.41, 5.74) is 3.09. The van der Waals surface area contributed by atoms with E-state index in [1.807, 2.05) is 54.6 Å². The average Bonchev–Trinajstić information content (AvgIpc) is 2.83. The quantitative estimate of drug-likeness (QED) is 0.579. The number of fused-ring (bicyclic) bond motifs is 1. The molecule has 0 spiro atoms. The smallest absolute Gasteiger partial charge is 0.308 e. The summed E-state index contributed by atoms with van der Waals surface area (Å²) in [6.45, 7) is -0.332. The Hall–Kier alpha value is -4.13. The molecule has 0 aromatic heterocycles. The molecule has 7 nitrogen and oxygen atoms in total. The second-order valence-electron chi connectivity index (χ2n) is 7.17. The molecule has 0 saturated heterocycles. The van der Waals surface area contributed by atoms with Crippen molar-refractivity contribution in [3.63, 3.8) is 0 Å². The molecular formula is C25H22N2O5. The standard InChI is InChI=1S/C25H22N2O5/c28-23(26-20-11-5-4-10-19(20)18-8-2-1-3-9-18)16-32-25(30)14-15-27-21-12-6-7-13-22(21)31-17-24(27)29/h1-13H,14-17H2,(H,26,28). The summed E-state index contributed by atoms with van der Waals surface area (Å²) in [4.78, 5) is 38.2. The number of amides is 2. The molecule has 1 heterocycles. The van der Waals surface area contributed by atoms with E-state index in [4.69, 9.17) is 9.47 Å². The summed E-state index contributed by atoms with van der Waals surface area (Å²) in [5, 5.41) is 2.79. The second kappa shape index (κ2) is 9.78. The van der Waals surface area contributed by atoms with Crippen molar-refractivity contribution in [1.29, 1.82) is 0 Å². The monoisotopic (exact) mass is 430 g/mol. The van der Waals surface area contributed by atoms with Gasteiger partial charge in [-0.05, 0) is 23.8 Å². The number of ether oxygens (including phenoxy) is 2. The molecule has 0 aliphatic carbocycles. The van der Waals surface area contributed by atoms with Crippen molar-refractivity contribution in [1.82, 2.24) is 0 Å². The highest BCUT2D eigenvalue weighted by molar-refractivity contribution is 5.99. The molecular weight excluding hydrogens is 408 g/mol. The fraction of sp³-hybridized carbons (Fsp3) is 0.160. The summed E-state index contributed by atoms with van der Waals surface area (Å²) < 4.78 is 10.5. The van der Waals surface area contributed by atoms with E-state index in [1.54, 1.807) is 24.3 Å². The third-order valence-electron chi connectivity index (χ3n) is 5.00. The molecule has 0 radical (unpaired) electrons. The van der Waals surface area contributed by atoms with Gasteiger partial charge in [0.2, 0.25) is 0 Å². The van der Waals surface area contributed by atoms with Gasteiger partial charge in [-0.15, -0.1) is 0 Å². The SMILES string of the molecule is O=C(COC(=O)CCN1C(=O)COc2ccccc21)Nc1ccccc1-c1ccccc1. The molecule has 0 atom stereocenters. The van der Waals surface area contributed by atoms with Crippen molar-refractivity contribution >= 4 is 29.2 Å². The lowest BCUT2D eigenvalue weighted by atomic mass is 10.0. The third kappa shape index (κ3) is 4.95. The van der Waals surface area contributed by atoms with Crippen LogP contribution in [0.3, 0.4) is 0 Å². The van der Waals surface area contributed by atoms with Crippen LogP contribution in [0.5, 0.6) is 5.75 Å². The number of benzene rings is 3. The lowest BCUT2D eigenvalue weighted by molar-refractivity contribution is -0.147. The number of carbonyl (C=O) groups excluding carboxylic acids is 3. The minimum Gasteiger partial charge on any atom is -0.482 e. The van der Waals surface area contributed by atoms with Gasteiger partial charge < -0.3 is 19.7 Å². The molecule has 0 fully saturated rings. The Bertz CT molecular complexity index is 1130. The van der Waals surface area contributed by atoms with Gasteiger partial charge in [0, 0.05) is 17.8 Å². The first-order chi connectivity index (χ1) is 15.6. The molecule has 1 aliphatic heterocycles. The van der Waals surface area contributed by atoms with Crippen LogP contribution in [0.2, 0.25) is 0 Å². The van der Waals surface area contributed by atoms with Gasteiger partial charge in [-0.2, -0.15) is 0 Å². The lowest BCUT2D eigenvalue weighted by Crippen LogP contribution is -2.40. The number of anilines is 2. The molecule has 7 heteroatoms. The topological polar surface area (TPSA) is 84.9 Å². The van der Waals surface area contributed by atoms with Crippen molar-refractivity contribution in [2.24, 2.45) is 0 Å². The summed E-state index contributed by atoms with van der Waals surface area (Å²) in [6, 6.07) is 24.2. The number of esters is 1. The predicted octanol–water partition coefficient (Wildman–Crippen LogP) is 3.65. The van der Waals surface area contributed by atoms with Gasteiger partial charge in [0.1, 0.15) is 5.75 Å². The Morgan fingerprint density at radius 3 is 2.50 bits per heavy atom. The zero-order valence-electron chi connectivity index (χ0n) is 17.3. The normalized spacial score (nSPS) is 12.5. The van der Waals surface area contributed by atoms with Gasteiger partial charge in [0.05, 0.1) is 12.1 Å². The number of nitrogens with one attached hydrogen (secondary N) is 1. The number of para-hydroxylation sites is 3. The van der Waals surface area contributed by atoms with E-state index in [-0.39, 0.29) is 25.5 Å². The molecule has 32 heavy (non-hydrogen) atoms. The molecule has 1 N–H and O–H groups in total. The molecule has 0 bridgehead atoms. The number of hydrogen-bond donors (Lipinski definition) is 1. The number of carbonyl (C=O) groups is 3. The summed E-state index contributed by atoms with van der Waals surface area (Å²) in [7, 11) is 0. The van der Waals surface area contributed by atoms with E-state index < -0.39 is 18.5 Å². The maximum atomic E-state index is 12.4. The molecule has 0 unspecified atom stereocenters. The average molecular weight is 430 g/mol. The summed E-state index contributed by atoms with van der Waals surface area (Å²) in [5.74, 6) is -0.633. The molecule has 162 valence electrons. The van der Waals surface area contributed by atoms with Crippen LogP contribution in [0, 0.1) is 0 Å². The van der Waals surface area contributed by atoms with Gasteiger partial charge in [0.25, 0.3) is 11.8 Å². The Morgan fingerprint density at radius 1 is 0.938 bits per heavy atom. The van der Waals surface area contributed by atoms with Crippen molar-refractivity contribution in [3.05, 3.63) is 78.9 Å². The van der Waals surface area contributed by atoms with Crippen LogP contribution >= 0.6 is 0 Å². The molecule has 0 saturated carbocycles. The summed E-state index contributed by atoms with van der Waals surface area (Å²) >= 11 is 0. The Labute approximate surface area is 185 Å². The molecule has 4 rings (SSSR count). The van der Waals surface area contributed by atoms with E-state index >= 15 is 0 Å². The van der Waals surface area contributed by atoms with Crippen LogP contribution in [0.15, 0.2) is 78.9 Å². The van der Waals surface area contributed by atoms with Crippen LogP contribution in [-0.4, -0.2) is 37.5 Å². The highest BCUT2D eigenvalue weighted by Gasteiger charge is 2.25. The Morgan fingerprint density at radius 2 is 1.66 bits per heavy atom. The van der Waals surface area contributed by atoms with E-state index in [0.29, 0.717) is 17.1 Å². The number of hydrogen-bond acceptors (Lipinski definition) is 5. The van der Waals surface area contributed by atoms with Crippen LogP contribution in [-0.2, 0) is 19.1 Å². The largest absolute Gasteiger partial charge is 0.482 e. The highest BCUT2D eigenvalue weighted by Crippen LogP contribution is 2.31. The zero-order valence-corrected chi connectivity index (χ0v) is 17.3. The second-order valence-corrected chi connectivity index (χ2v) is 7.17. The van der Waals surface area contributed by atoms with Gasteiger partial charge in [-0.25, -0.2) is 0 Å². The van der Waals surface area contributed by atoms with Crippen molar-refractivity contribution < 1.29 is 23.9 Å². The van der Waals surface area contributed by atoms with Crippen molar-refractivity contribution in [2.45, 2.75) is 6.42 Å². The van der Waals surface area contributed by atoms with E-state index in [9.17, 15) is 14.4 Å². The first kappa shape index (κ1) is 21.1. The molecule has 1 aliphatic rings. The first-order valence-corrected chi connectivity index (χ1v) is 10.2. The third-order valence-corrected chi connectivity index (χ3v) is 5.00. The molecule has 3 aromatic rings. The maximum absolute atomic E-state index is 12.4. The van der Waals surface area contributed by atoms with Gasteiger partial charge in [-0.1, -0.05) is 60.7 Å². The Kier molecular flexibility index (Phi) is 6.46. The van der Waals surface area contributed by atoms with E-state index in [0.717, 1.165) is 11.1 Å². The van der Waals surface area contributed by atoms with Crippen LogP contribution in [0.25, 0.3) is 11.1 Å². The van der Waals surface area contributed by atoms with Crippen molar-refractivity contribution in [2.75, 3.05) is 30.0 Å². The molecule has 3 aromatic carbocycles. The van der Waals surface area contributed by atoms with Gasteiger partial charge >= 0.3 is 5.97 Å². The number of rotatable bonds is 7. The number of nitrogens with zero attached hydrogens (tertiary/aromatic N) is 1. The first-order valence-electron chi connectivity index (χ1n) is 10.2. The fourth-order valence-corrected chi connectivity index (χ4v) is 3.47.